The third-order valence-electron chi connectivity index (χ3n) is 1.02. The molecule has 0 amide bonds. The molecule has 0 fully saturated rings. The van der Waals surface area contributed by atoms with Crippen molar-refractivity contribution >= 4 is 0 Å². The van der Waals surface area contributed by atoms with Gasteiger partial charge in [0.05, 0.1) is 0 Å². The molecule has 0 aromatic carbocycles. The van der Waals surface area contributed by atoms with Crippen molar-refractivity contribution in [2.75, 3.05) is 0 Å². The maximum absolute atomic E-state index is 3.36. The third kappa shape index (κ3) is 26.0. The molecule has 0 bridgehead atoms. The van der Waals surface area contributed by atoms with Crippen molar-refractivity contribution in [2.45, 2.75) is 48.0 Å². The number of rotatable bonds is 1. The maximum atomic E-state index is 3.36. The van der Waals surface area contributed by atoms with Gasteiger partial charge in [0.2, 0.25) is 0 Å². The highest BCUT2D eigenvalue weighted by molar-refractivity contribution is 4.62. The molecule has 0 aliphatic rings. The lowest BCUT2D eigenvalue weighted by Crippen LogP contribution is -2.08. The number of hydrogen-bond acceptors (Lipinski definition) is 0. The summed E-state index contributed by atoms with van der Waals surface area (Å²) in [5.74, 6) is 0.843. The van der Waals surface area contributed by atoms with Crippen LogP contribution in [0.15, 0.2) is 12.7 Å². The summed E-state index contributed by atoms with van der Waals surface area (Å²) in [4.78, 5) is 0. The van der Waals surface area contributed by atoms with Gasteiger partial charge in [-0.2, -0.15) is 0 Å². The van der Waals surface area contributed by atoms with Gasteiger partial charge in [-0.3, -0.25) is 0 Å². The smallest absolute Gasteiger partial charge is 0.0380 e. The van der Waals surface area contributed by atoms with Crippen LogP contribution in [-0.4, -0.2) is 0 Å². The van der Waals surface area contributed by atoms with E-state index >= 15 is 0 Å². The molecule has 0 aliphatic heterocycles. The summed E-state index contributed by atoms with van der Waals surface area (Å²) in [5.41, 5.74) is 0.522. The minimum absolute atomic E-state index is 0.522. The van der Waals surface area contributed by atoms with E-state index < -0.39 is 0 Å². The summed E-state index contributed by atoms with van der Waals surface area (Å²) in [6, 6.07) is 0. The molecule has 0 N–H and O–H groups in total. The van der Waals surface area contributed by atoms with E-state index in [2.05, 4.69) is 41.2 Å². The molecular formula is C11H24. The van der Waals surface area contributed by atoms with Crippen molar-refractivity contribution in [3.8, 4) is 0 Å². The van der Waals surface area contributed by atoms with Gasteiger partial charge in [0.15, 0.2) is 0 Å². The number of hydrogen-bond donors (Lipinski definition) is 0. The Morgan fingerprint density at radius 3 is 1.55 bits per heavy atom. The second kappa shape index (κ2) is 6.45. The normalized spacial score (nSPS) is 10.5. The van der Waals surface area contributed by atoms with Crippen molar-refractivity contribution < 1.29 is 0 Å². The van der Waals surface area contributed by atoms with E-state index in [1.165, 1.54) is 6.42 Å². The summed E-state index contributed by atoms with van der Waals surface area (Å²) in [6.45, 7) is 16.6. The van der Waals surface area contributed by atoms with E-state index in [-0.39, 0.29) is 0 Å². The fourth-order valence-electron chi connectivity index (χ4n) is 1.22. The van der Waals surface area contributed by atoms with Gasteiger partial charge in [0.25, 0.3) is 0 Å². The molecule has 0 saturated carbocycles. The first-order valence-electron chi connectivity index (χ1n) is 4.40. The van der Waals surface area contributed by atoms with Crippen molar-refractivity contribution in [2.24, 2.45) is 11.3 Å². The maximum Gasteiger partial charge on any atom is -0.0380 e. The molecule has 68 valence electrons. The molecule has 0 heteroatoms. The zero-order valence-corrected chi connectivity index (χ0v) is 9.07. The molecule has 0 spiro atoms. The van der Waals surface area contributed by atoms with Crippen LogP contribution in [-0.2, 0) is 0 Å². The molecule has 0 nitrogen and oxygen atoms in total. The highest BCUT2D eigenvalue weighted by Crippen LogP contribution is 2.23. The summed E-state index contributed by atoms with van der Waals surface area (Å²) >= 11 is 0. The van der Waals surface area contributed by atoms with Gasteiger partial charge in [-0.25, -0.2) is 0 Å². The zero-order valence-electron chi connectivity index (χ0n) is 9.07. The second-order valence-corrected chi connectivity index (χ2v) is 4.57. The first-order valence-corrected chi connectivity index (χ1v) is 4.40. The molecule has 0 heterocycles. The molecule has 11 heavy (non-hydrogen) atoms. The monoisotopic (exact) mass is 156 g/mol. The molecule has 0 saturated heterocycles. The predicted molar refractivity (Wildman–Crippen MR) is 54.8 cm³/mol. The SMILES string of the molecule is C=CC.CC(C)CC(C)(C)C. The average molecular weight is 156 g/mol. The Labute approximate surface area is 72.7 Å². The fraction of sp³-hybridized carbons (Fsp3) is 0.818. The molecular weight excluding hydrogens is 132 g/mol. The summed E-state index contributed by atoms with van der Waals surface area (Å²) in [7, 11) is 0. The molecule has 0 aliphatic carbocycles. The summed E-state index contributed by atoms with van der Waals surface area (Å²) in [5, 5.41) is 0. The van der Waals surface area contributed by atoms with E-state index in [1.807, 2.05) is 6.92 Å². The van der Waals surface area contributed by atoms with E-state index in [0.717, 1.165) is 5.92 Å². The summed E-state index contributed by atoms with van der Waals surface area (Å²) in [6.07, 6.45) is 3.08. The molecule has 0 aromatic rings. The van der Waals surface area contributed by atoms with E-state index in [0.29, 0.717) is 5.41 Å². The Bertz CT molecular complexity index is 82.7. The van der Waals surface area contributed by atoms with Gasteiger partial charge < -0.3 is 0 Å². The van der Waals surface area contributed by atoms with Gasteiger partial charge in [-0.15, -0.1) is 6.58 Å². The lowest BCUT2D eigenvalue weighted by molar-refractivity contribution is 0.320. The number of allylic oxidation sites excluding steroid dienone is 1. The van der Waals surface area contributed by atoms with E-state index in [9.17, 15) is 0 Å². The van der Waals surface area contributed by atoms with Gasteiger partial charge in [-0.1, -0.05) is 40.7 Å². The van der Waals surface area contributed by atoms with Crippen LogP contribution in [0, 0.1) is 11.3 Å². The quantitative estimate of drug-likeness (QED) is 0.497. The van der Waals surface area contributed by atoms with E-state index in [4.69, 9.17) is 0 Å². The van der Waals surface area contributed by atoms with Crippen LogP contribution in [0.25, 0.3) is 0 Å². The van der Waals surface area contributed by atoms with Crippen molar-refractivity contribution in [1.82, 2.24) is 0 Å². The van der Waals surface area contributed by atoms with Gasteiger partial charge >= 0.3 is 0 Å². The molecule has 0 rings (SSSR count). The van der Waals surface area contributed by atoms with Crippen LogP contribution >= 0.6 is 0 Å². The van der Waals surface area contributed by atoms with Crippen LogP contribution in [0.3, 0.4) is 0 Å². The van der Waals surface area contributed by atoms with Gasteiger partial charge in [0.1, 0.15) is 0 Å². The Morgan fingerprint density at radius 2 is 1.55 bits per heavy atom. The minimum Gasteiger partial charge on any atom is -0.103 e. The Kier molecular flexibility index (Phi) is 7.82. The highest BCUT2D eigenvalue weighted by atomic mass is 14.2. The molecule has 0 unspecified atom stereocenters. The third-order valence-corrected chi connectivity index (χ3v) is 1.02. The van der Waals surface area contributed by atoms with Crippen molar-refractivity contribution in [3.05, 3.63) is 12.7 Å². The second-order valence-electron chi connectivity index (χ2n) is 4.57. The Morgan fingerprint density at radius 1 is 1.27 bits per heavy atom. The van der Waals surface area contributed by atoms with Crippen LogP contribution in [0.1, 0.15) is 48.0 Å². The van der Waals surface area contributed by atoms with E-state index in [1.54, 1.807) is 6.08 Å². The van der Waals surface area contributed by atoms with Crippen LogP contribution in [0.4, 0.5) is 0 Å². The highest BCUT2D eigenvalue weighted by Gasteiger charge is 2.11. The average Bonchev–Trinajstić information content (AvgIpc) is 1.57. The van der Waals surface area contributed by atoms with Crippen LogP contribution in [0.5, 0.6) is 0 Å². The first-order chi connectivity index (χ1) is 4.83. The first kappa shape index (κ1) is 13.3. The minimum atomic E-state index is 0.522. The standard InChI is InChI=1S/C8H18.C3H6/c1-7(2)6-8(3,4)5;1-3-2/h7H,6H2,1-5H3;3H,1H2,2H3. The molecule has 0 aromatic heterocycles. The Balaban J connectivity index is 0. The molecule has 0 radical (unpaired) electrons. The van der Waals surface area contributed by atoms with Crippen molar-refractivity contribution in [3.63, 3.8) is 0 Å². The van der Waals surface area contributed by atoms with Crippen LogP contribution < -0.4 is 0 Å². The lowest BCUT2D eigenvalue weighted by atomic mass is 9.86. The van der Waals surface area contributed by atoms with Crippen molar-refractivity contribution in [1.29, 1.82) is 0 Å². The predicted octanol–water partition coefficient (Wildman–Crippen LogP) is 4.27. The van der Waals surface area contributed by atoms with Crippen LogP contribution in [0.2, 0.25) is 0 Å². The lowest BCUT2D eigenvalue weighted by Gasteiger charge is -2.19. The zero-order chi connectivity index (χ0) is 9.49. The topological polar surface area (TPSA) is 0 Å². The largest absolute Gasteiger partial charge is 0.103 e. The van der Waals surface area contributed by atoms with Gasteiger partial charge in [0, 0.05) is 0 Å². The Hall–Kier alpha value is -0.260. The summed E-state index contributed by atoms with van der Waals surface area (Å²) < 4.78 is 0. The fourth-order valence-corrected chi connectivity index (χ4v) is 1.22. The molecule has 0 atom stereocenters. The van der Waals surface area contributed by atoms with Gasteiger partial charge in [-0.05, 0) is 24.7 Å².